The first kappa shape index (κ1) is 25.5. The van der Waals surface area contributed by atoms with Gasteiger partial charge in [-0.2, -0.15) is 13.2 Å². The Morgan fingerprint density at radius 2 is 1.78 bits per heavy atom. The van der Waals surface area contributed by atoms with Crippen molar-refractivity contribution in [2.45, 2.75) is 12.6 Å². The summed E-state index contributed by atoms with van der Waals surface area (Å²) in [7, 11) is 0. The fourth-order valence-electron chi connectivity index (χ4n) is 3.80. The number of nitrogens with one attached hydrogen (secondary N) is 1. The lowest BCUT2D eigenvalue weighted by molar-refractivity contribution is -0.138. The van der Waals surface area contributed by atoms with Gasteiger partial charge in [-0.05, 0) is 48.0 Å². The molecule has 0 spiro atoms. The molecule has 0 aliphatic heterocycles. The van der Waals surface area contributed by atoms with Crippen molar-refractivity contribution in [2.24, 2.45) is 0 Å². The minimum atomic E-state index is -4.49. The smallest absolute Gasteiger partial charge is 0.416 e. The van der Waals surface area contributed by atoms with E-state index in [0.717, 1.165) is 18.2 Å². The molecule has 0 saturated carbocycles. The van der Waals surface area contributed by atoms with Crippen LogP contribution in [0.5, 0.6) is 0 Å². The van der Waals surface area contributed by atoms with Crippen LogP contribution in [0.15, 0.2) is 77.6 Å². The maximum atomic E-state index is 12.9. The summed E-state index contributed by atoms with van der Waals surface area (Å²) < 4.78 is 43.8. The van der Waals surface area contributed by atoms with Crippen molar-refractivity contribution >= 4 is 46.2 Å². The summed E-state index contributed by atoms with van der Waals surface area (Å²) in [5.41, 5.74) is 1.15. The van der Waals surface area contributed by atoms with E-state index in [1.54, 1.807) is 42.5 Å². The average molecular weight is 532 g/mol. The van der Waals surface area contributed by atoms with Gasteiger partial charge >= 0.3 is 12.1 Å². The minimum absolute atomic E-state index is 0.0709. The summed E-state index contributed by atoms with van der Waals surface area (Å²) in [6, 6.07) is 16.7. The first-order chi connectivity index (χ1) is 17.1. The molecule has 0 amide bonds. The van der Waals surface area contributed by atoms with E-state index >= 15 is 0 Å². The predicted octanol–water partition coefficient (Wildman–Crippen LogP) is 7.32. The molecule has 0 atom stereocenters. The Morgan fingerprint density at radius 3 is 2.53 bits per heavy atom. The summed E-state index contributed by atoms with van der Waals surface area (Å²) in [6.45, 7) is -0.141. The molecule has 0 fully saturated rings. The van der Waals surface area contributed by atoms with Crippen molar-refractivity contribution in [3.63, 3.8) is 0 Å². The Balaban J connectivity index is 1.57. The van der Waals surface area contributed by atoms with Gasteiger partial charge in [-0.25, -0.2) is 4.79 Å². The van der Waals surface area contributed by atoms with Crippen LogP contribution in [0, 0.1) is 0 Å². The van der Waals surface area contributed by atoms with E-state index in [4.69, 9.17) is 27.9 Å². The number of H-pyrrole nitrogens is 1. The van der Waals surface area contributed by atoms with Gasteiger partial charge in [0.15, 0.2) is 0 Å². The number of ether oxygens (including phenoxy) is 1. The molecule has 4 aromatic rings. The zero-order chi connectivity index (χ0) is 25.9. The van der Waals surface area contributed by atoms with E-state index in [1.807, 2.05) is 0 Å². The van der Waals surface area contributed by atoms with Crippen LogP contribution in [0.25, 0.3) is 28.1 Å². The second-order valence-corrected chi connectivity index (χ2v) is 8.70. The fourth-order valence-corrected chi connectivity index (χ4v) is 4.20. The molecule has 1 N–H and O–H groups in total. The highest BCUT2D eigenvalue weighted by Crippen LogP contribution is 2.35. The number of alkyl halides is 3. The molecule has 3 aromatic carbocycles. The van der Waals surface area contributed by atoms with Crippen LogP contribution in [0.4, 0.5) is 13.2 Å². The third-order valence-electron chi connectivity index (χ3n) is 5.44. The summed E-state index contributed by atoms with van der Waals surface area (Å²) in [6.07, 6.45) is -2.14. The molecule has 0 unspecified atom stereocenters. The number of rotatable bonds is 6. The number of carbonyl (C=O) groups is 1. The number of benzene rings is 3. The van der Waals surface area contributed by atoms with Gasteiger partial charge in [-0.1, -0.05) is 53.5 Å². The minimum Gasteiger partial charge on any atom is -0.462 e. The number of aromatic nitrogens is 1. The molecule has 9 heteroatoms. The lowest BCUT2D eigenvalue weighted by Crippen LogP contribution is -2.17. The van der Waals surface area contributed by atoms with Gasteiger partial charge in [0.05, 0.1) is 12.2 Å². The van der Waals surface area contributed by atoms with Crippen LogP contribution in [-0.4, -0.2) is 17.6 Å². The SMILES string of the molecule is O=C(/C=C/c1cccc(C(F)(F)F)c1)OCCc1c(-c2ccccc2Cl)c2cc(Cl)ccc2[nH]c1=O. The molecular weight excluding hydrogens is 514 g/mol. The van der Waals surface area contributed by atoms with Crippen molar-refractivity contribution in [1.82, 2.24) is 4.98 Å². The van der Waals surface area contributed by atoms with E-state index in [9.17, 15) is 22.8 Å². The van der Waals surface area contributed by atoms with Crippen LogP contribution in [-0.2, 0) is 22.1 Å². The number of esters is 1. The number of halogens is 5. The van der Waals surface area contributed by atoms with Gasteiger partial charge in [-0.3, -0.25) is 4.79 Å². The van der Waals surface area contributed by atoms with Gasteiger partial charge in [0.25, 0.3) is 5.56 Å². The summed E-state index contributed by atoms with van der Waals surface area (Å²) in [5.74, 6) is -0.757. The molecule has 1 heterocycles. The van der Waals surface area contributed by atoms with Gasteiger partial charge in [0.1, 0.15) is 0 Å². The normalized spacial score (nSPS) is 11.8. The Labute approximate surface area is 213 Å². The summed E-state index contributed by atoms with van der Waals surface area (Å²) in [4.78, 5) is 27.9. The predicted molar refractivity (Wildman–Crippen MR) is 135 cm³/mol. The topological polar surface area (TPSA) is 59.2 Å². The van der Waals surface area contributed by atoms with Crippen LogP contribution in [0.1, 0.15) is 16.7 Å². The Hall–Kier alpha value is -3.55. The fraction of sp³-hybridized carbons (Fsp3) is 0.111. The van der Waals surface area contributed by atoms with Gasteiger partial charge < -0.3 is 9.72 Å². The van der Waals surface area contributed by atoms with Crippen molar-refractivity contribution in [3.8, 4) is 11.1 Å². The molecule has 4 nitrogen and oxygen atoms in total. The van der Waals surface area contributed by atoms with Crippen molar-refractivity contribution < 1.29 is 22.7 Å². The molecule has 0 radical (unpaired) electrons. The lowest BCUT2D eigenvalue weighted by Gasteiger charge is -2.14. The van der Waals surface area contributed by atoms with Crippen LogP contribution < -0.4 is 5.56 Å². The number of carbonyl (C=O) groups excluding carboxylic acids is 1. The number of hydrogen-bond donors (Lipinski definition) is 1. The molecule has 1 aromatic heterocycles. The Bertz CT molecular complexity index is 1530. The zero-order valence-corrected chi connectivity index (χ0v) is 20.0. The van der Waals surface area contributed by atoms with Gasteiger partial charge in [0, 0.05) is 50.1 Å². The standard InChI is InChI=1S/C27H18Cl2F3NO3/c28-18-9-10-23-21(15-18)25(19-6-1-2-7-22(19)29)20(26(35)33-23)12-13-36-24(34)11-8-16-4-3-5-17(14-16)27(30,31)32/h1-11,14-15H,12-13H2,(H,33,35)/b11-8+. The van der Waals surface area contributed by atoms with E-state index < -0.39 is 17.7 Å². The Kier molecular flexibility index (Phi) is 7.52. The number of pyridine rings is 1. The first-order valence-electron chi connectivity index (χ1n) is 10.7. The van der Waals surface area contributed by atoms with Crippen LogP contribution in [0.2, 0.25) is 10.0 Å². The highest BCUT2D eigenvalue weighted by molar-refractivity contribution is 6.34. The zero-order valence-electron chi connectivity index (χ0n) is 18.5. The molecule has 184 valence electrons. The first-order valence-corrected chi connectivity index (χ1v) is 11.5. The molecule has 36 heavy (non-hydrogen) atoms. The largest absolute Gasteiger partial charge is 0.462 e. The summed E-state index contributed by atoms with van der Waals surface area (Å²) in [5, 5.41) is 1.59. The van der Waals surface area contributed by atoms with Crippen molar-refractivity contribution in [3.05, 3.63) is 110 Å². The van der Waals surface area contributed by atoms with Crippen molar-refractivity contribution in [2.75, 3.05) is 6.61 Å². The second-order valence-electron chi connectivity index (χ2n) is 7.85. The Morgan fingerprint density at radius 1 is 1.00 bits per heavy atom. The number of aromatic amines is 1. The van der Waals surface area contributed by atoms with Gasteiger partial charge in [-0.15, -0.1) is 0 Å². The van der Waals surface area contributed by atoms with Crippen LogP contribution >= 0.6 is 23.2 Å². The van der Waals surface area contributed by atoms with Crippen LogP contribution in [0.3, 0.4) is 0 Å². The second kappa shape index (κ2) is 10.6. The highest BCUT2D eigenvalue weighted by Gasteiger charge is 2.30. The number of fused-ring (bicyclic) bond motifs is 1. The van der Waals surface area contributed by atoms with E-state index in [-0.39, 0.29) is 24.2 Å². The quantitative estimate of drug-likeness (QED) is 0.209. The summed E-state index contributed by atoms with van der Waals surface area (Å²) >= 11 is 12.6. The molecule has 0 aliphatic carbocycles. The van der Waals surface area contributed by atoms with Crippen molar-refractivity contribution in [1.29, 1.82) is 0 Å². The van der Waals surface area contributed by atoms with E-state index in [0.29, 0.717) is 37.6 Å². The molecule has 0 saturated heterocycles. The lowest BCUT2D eigenvalue weighted by atomic mass is 9.94. The van der Waals surface area contributed by atoms with Gasteiger partial charge in [0.2, 0.25) is 0 Å². The highest BCUT2D eigenvalue weighted by atomic mass is 35.5. The molecule has 0 bridgehead atoms. The maximum absolute atomic E-state index is 12.9. The van der Waals surface area contributed by atoms with E-state index in [1.165, 1.54) is 18.2 Å². The van der Waals surface area contributed by atoms with E-state index in [2.05, 4.69) is 4.98 Å². The number of hydrogen-bond acceptors (Lipinski definition) is 3. The third kappa shape index (κ3) is 5.80. The maximum Gasteiger partial charge on any atom is 0.416 e. The average Bonchev–Trinajstić information content (AvgIpc) is 2.83. The molecule has 0 aliphatic rings. The third-order valence-corrected chi connectivity index (χ3v) is 6.01. The molecule has 4 rings (SSSR count). The monoisotopic (exact) mass is 531 g/mol. The molecular formula is C27H18Cl2F3NO3.